The van der Waals surface area contributed by atoms with Crippen LogP contribution in [0, 0.1) is 17.2 Å². The highest BCUT2D eigenvalue weighted by molar-refractivity contribution is 5.98. The number of rotatable bonds is 3. The second-order valence-corrected chi connectivity index (χ2v) is 7.54. The summed E-state index contributed by atoms with van der Waals surface area (Å²) in [6, 6.07) is 9.40. The minimum Gasteiger partial charge on any atom is -0.497 e. The first kappa shape index (κ1) is 19.0. The van der Waals surface area contributed by atoms with Crippen LogP contribution >= 0.6 is 0 Å². The van der Waals surface area contributed by atoms with Gasteiger partial charge >= 0.3 is 0 Å². The summed E-state index contributed by atoms with van der Waals surface area (Å²) in [5.74, 6) is -0.925. The van der Waals surface area contributed by atoms with Gasteiger partial charge in [-0.05, 0) is 43.9 Å². The number of hydrogen-bond donors (Lipinski definition) is 2. The lowest BCUT2D eigenvalue weighted by molar-refractivity contribution is -0.119. The normalized spacial score (nSPS) is 23.7. The van der Waals surface area contributed by atoms with Crippen LogP contribution < -0.4 is 20.5 Å². The molecule has 1 amide bonds. The molecule has 1 fully saturated rings. The van der Waals surface area contributed by atoms with Crippen molar-refractivity contribution in [2.24, 2.45) is 5.92 Å². The molecule has 2 aliphatic rings. The van der Waals surface area contributed by atoms with E-state index in [1.54, 1.807) is 31.4 Å². The summed E-state index contributed by atoms with van der Waals surface area (Å²) in [4.78, 5) is 35.3. The third-order valence-corrected chi connectivity index (χ3v) is 5.78. The van der Waals surface area contributed by atoms with E-state index < -0.39 is 17.7 Å². The van der Waals surface area contributed by atoms with Gasteiger partial charge in [0.2, 0.25) is 11.9 Å². The number of ether oxygens (including phenoxy) is 1. The van der Waals surface area contributed by atoms with Gasteiger partial charge in [-0.1, -0.05) is 12.1 Å². The highest BCUT2D eigenvalue weighted by Gasteiger charge is 2.40. The molecule has 3 unspecified atom stereocenters. The molecule has 2 N–H and O–H groups in total. The van der Waals surface area contributed by atoms with Crippen LogP contribution in [0.3, 0.4) is 0 Å². The molecule has 2 aliphatic heterocycles. The second-order valence-electron chi connectivity index (χ2n) is 7.54. The van der Waals surface area contributed by atoms with Crippen molar-refractivity contribution in [2.75, 3.05) is 23.9 Å². The van der Waals surface area contributed by atoms with Crippen LogP contribution in [0.1, 0.15) is 43.2 Å². The molecule has 3 atom stereocenters. The SMILES string of the molecule is COc1cccc(C2c3c(nc(N4CCCCC4C)[nH]c3=O)NC(=O)C2C#N)c1. The van der Waals surface area contributed by atoms with Gasteiger partial charge in [-0.2, -0.15) is 10.2 Å². The number of anilines is 2. The van der Waals surface area contributed by atoms with Gasteiger partial charge in [0.15, 0.2) is 0 Å². The molecule has 8 heteroatoms. The zero-order chi connectivity index (χ0) is 20.5. The Morgan fingerprint density at radius 1 is 1.31 bits per heavy atom. The van der Waals surface area contributed by atoms with E-state index in [9.17, 15) is 14.9 Å². The molecule has 4 rings (SSSR count). The third-order valence-electron chi connectivity index (χ3n) is 5.78. The van der Waals surface area contributed by atoms with Crippen LogP contribution in [0.5, 0.6) is 5.75 Å². The van der Waals surface area contributed by atoms with E-state index in [1.807, 2.05) is 6.07 Å². The van der Waals surface area contributed by atoms with Crippen molar-refractivity contribution < 1.29 is 9.53 Å². The first-order chi connectivity index (χ1) is 14.0. The van der Waals surface area contributed by atoms with Crippen molar-refractivity contribution >= 4 is 17.7 Å². The Hall–Kier alpha value is -3.34. The highest BCUT2D eigenvalue weighted by atomic mass is 16.5. The molecule has 0 saturated carbocycles. The number of aromatic amines is 1. The van der Waals surface area contributed by atoms with Crippen LogP contribution in [-0.2, 0) is 4.79 Å². The summed E-state index contributed by atoms with van der Waals surface area (Å²) < 4.78 is 5.28. The predicted octanol–water partition coefficient (Wildman–Crippen LogP) is 2.38. The Labute approximate surface area is 168 Å². The van der Waals surface area contributed by atoms with Crippen molar-refractivity contribution in [3.8, 4) is 11.8 Å². The Kier molecular flexibility index (Phi) is 4.97. The lowest BCUT2D eigenvalue weighted by Crippen LogP contribution is -2.42. The van der Waals surface area contributed by atoms with Crippen molar-refractivity contribution in [2.45, 2.75) is 38.1 Å². The first-order valence-corrected chi connectivity index (χ1v) is 9.78. The lowest BCUT2D eigenvalue weighted by Gasteiger charge is -2.35. The van der Waals surface area contributed by atoms with Crippen molar-refractivity contribution in [3.63, 3.8) is 0 Å². The van der Waals surface area contributed by atoms with Gasteiger partial charge in [0.05, 0.1) is 18.7 Å². The third kappa shape index (κ3) is 3.33. The Morgan fingerprint density at radius 2 is 2.14 bits per heavy atom. The average Bonchev–Trinajstić information content (AvgIpc) is 2.73. The minimum absolute atomic E-state index is 0.228. The van der Waals surface area contributed by atoms with Gasteiger partial charge in [-0.3, -0.25) is 14.6 Å². The zero-order valence-electron chi connectivity index (χ0n) is 16.4. The molecule has 1 aromatic heterocycles. The molecule has 150 valence electrons. The lowest BCUT2D eigenvalue weighted by atomic mass is 9.79. The molecule has 1 aromatic carbocycles. The number of nitriles is 1. The molecular formula is C21H23N5O3. The summed E-state index contributed by atoms with van der Waals surface area (Å²) in [5, 5.41) is 12.3. The number of fused-ring (bicyclic) bond motifs is 1. The fraction of sp³-hybridized carbons (Fsp3) is 0.429. The van der Waals surface area contributed by atoms with Crippen molar-refractivity contribution in [3.05, 3.63) is 45.7 Å². The van der Waals surface area contributed by atoms with Gasteiger partial charge in [-0.25, -0.2) is 0 Å². The zero-order valence-corrected chi connectivity index (χ0v) is 16.4. The second kappa shape index (κ2) is 7.59. The maximum absolute atomic E-state index is 13.1. The number of nitrogens with one attached hydrogen (secondary N) is 2. The van der Waals surface area contributed by atoms with Gasteiger partial charge in [0.25, 0.3) is 5.56 Å². The smallest absolute Gasteiger partial charge is 0.258 e. The largest absolute Gasteiger partial charge is 0.497 e. The van der Waals surface area contributed by atoms with Crippen molar-refractivity contribution in [1.29, 1.82) is 5.26 Å². The topological polar surface area (TPSA) is 111 Å². The van der Waals surface area contributed by atoms with Crippen LogP contribution in [0.2, 0.25) is 0 Å². The number of hydrogen-bond acceptors (Lipinski definition) is 6. The number of amides is 1. The quantitative estimate of drug-likeness (QED) is 0.828. The fourth-order valence-electron chi connectivity index (χ4n) is 4.24. The Balaban J connectivity index is 1.85. The summed E-state index contributed by atoms with van der Waals surface area (Å²) in [5.41, 5.74) is 0.632. The van der Waals surface area contributed by atoms with E-state index in [2.05, 4.69) is 27.1 Å². The van der Waals surface area contributed by atoms with E-state index in [0.717, 1.165) is 25.8 Å². The molecule has 1 saturated heterocycles. The van der Waals surface area contributed by atoms with Gasteiger partial charge in [-0.15, -0.1) is 0 Å². The average molecular weight is 393 g/mol. The van der Waals surface area contributed by atoms with E-state index in [-0.39, 0.29) is 17.4 Å². The number of benzene rings is 1. The number of methoxy groups -OCH3 is 1. The molecule has 3 heterocycles. The summed E-state index contributed by atoms with van der Waals surface area (Å²) >= 11 is 0. The number of carbonyl (C=O) groups excluding carboxylic acids is 1. The summed E-state index contributed by atoms with van der Waals surface area (Å²) in [7, 11) is 1.54. The van der Waals surface area contributed by atoms with Gasteiger partial charge in [0.1, 0.15) is 17.5 Å². The standard InChI is InChI=1S/C21H23N5O3/c1-12-6-3-4-9-26(12)21-24-18-17(20(28)25-21)16(15(11-22)19(27)23-18)13-7-5-8-14(10-13)29-2/h5,7-8,10,12,15-16H,3-4,6,9H2,1-2H3,(H2,23,24,25,27,28). The molecule has 0 bridgehead atoms. The van der Waals surface area contributed by atoms with E-state index in [1.165, 1.54) is 0 Å². The van der Waals surface area contributed by atoms with E-state index in [0.29, 0.717) is 22.8 Å². The van der Waals surface area contributed by atoms with E-state index >= 15 is 0 Å². The summed E-state index contributed by atoms with van der Waals surface area (Å²) in [6.07, 6.45) is 3.20. The van der Waals surface area contributed by atoms with Crippen LogP contribution in [0.15, 0.2) is 29.1 Å². The molecule has 8 nitrogen and oxygen atoms in total. The number of aromatic nitrogens is 2. The first-order valence-electron chi connectivity index (χ1n) is 9.78. The van der Waals surface area contributed by atoms with Gasteiger partial charge < -0.3 is 15.0 Å². The molecule has 0 radical (unpaired) electrons. The minimum atomic E-state index is -1.03. The Morgan fingerprint density at radius 3 is 2.86 bits per heavy atom. The molecule has 2 aromatic rings. The maximum Gasteiger partial charge on any atom is 0.258 e. The number of carbonyl (C=O) groups is 1. The van der Waals surface area contributed by atoms with Crippen molar-refractivity contribution in [1.82, 2.24) is 9.97 Å². The van der Waals surface area contributed by atoms with Crippen LogP contribution in [0.25, 0.3) is 0 Å². The molecule has 29 heavy (non-hydrogen) atoms. The maximum atomic E-state index is 13.1. The number of piperidine rings is 1. The molecule has 0 aliphatic carbocycles. The van der Waals surface area contributed by atoms with Gasteiger partial charge in [0, 0.05) is 18.5 Å². The number of H-pyrrole nitrogens is 1. The predicted molar refractivity (Wildman–Crippen MR) is 108 cm³/mol. The monoisotopic (exact) mass is 393 g/mol. The molecular weight excluding hydrogens is 370 g/mol. The van der Waals surface area contributed by atoms with Crippen LogP contribution in [0.4, 0.5) is 11.8 Å². The fourth-order valence-corrected chi connectivity index (χ4v) is 4.24. The van der Waals surface area contributed by atoms with E-state index in [4.69, 9.17) is 4.74 Å². The highest BCUT2D eigenvalue weighted by Crippen LogP contribution is 2.39. The van der Waals surface area contributed by atoms with Crippen LogP contribution in [-0.4, -0.2) is 35.6 Å². The Bertz CT molecular complexity index is 1040. The molecule has 0 spiro atoms. The number of nitrogens with zero attached hydrogens (tertiary/aromatic N) is 3. The summed E-state index contributed by atoms with van der Waals surface area (Å²) in [6.45, 7) is 2.90.